The number of nitrogens with zero attached hydrogens (tertiary/aromatic N) is 2. The molecule has 256 valence electrons. The number of cyclic esters (lactones) is 1. The first-order chi connectivity index (χ1) is 21.7. The van der Waals surface area contributed by atoms with Crippen LogP contribution in [0.3, 0.4) is 0 Å². The minimum Gasteiger partial charge on any atom is -0.496 e. The highest BCUT2D eigenvalue weighted by atomic mass is 19.4. The second kappa shape index (κ2) is 13.2. The minimum atomic E-state index is -4.53. The van der Waals surface area contributed by atoms with E-state index >= 15 is 0 Å². The van der Waals surface area contributed by atoms with Gasteiger partial charge in [0.05, 0.1) is 18.7 Å². The van der Waals surface area contributed by atoms with Gasteiger partial charge in [-0.25, -0.2) is 4.79 Å². The third-order valence-electron chi connectivity index (χ3n) is 8.58. The predicted molar refractivity (Wildman–Crippen MR) is 172 cm³/mol. The monoisotopic (exact) mass is 658 g/mol. The normalized spacial score (nSPS) is 19.8. The Kier molecular flexibility index (Phi) is 10.1. The molecule has 11 heteroatoms. The summed E-state index contributed by atoms with van der Waals surface area (Å²) < 4.78 is 57.6. The van der Waals surface area contributed by atoms with Gasteiger partial charge in [0.25, 0.3) is 5.91 Å². The van der Waals surface area contributed by atoms with Gasteiger partial charge in [0, 0.05) is 24.7 Å². The first-order valence-corrected chi connectivity index (χ1v) is 15.7. The van der Waals surface area contributed by atoms with Crippen molar-refractivity contribution in [2.75, 3.05) is 27.2 Å². The number of halogens is 3. The van der Waals surface area contributed by atoms with Crippen molar-refractivity contribution in [2.24, 2.45) is 5.41 Å². The van der Waals surface area contributed by atoms with Crippen LogP contribution in [0.5, 0.6) is 5.75 Å². The Morgan fingerprint density at radius 1 is 1.11 bits per heavy atom. The summed E-state index contributed by atoms with van der Waals surface area (Å²) in [4.78, 5) is 42.0. The zero-order chi connectivity index (χ0) is 35.1. The van der Waals surface area contributed by atoms with E-state index in [9.17, 15) is 27.6 Å². The molecular formula is C36H45F3N2O6. The number of carbonyl (C=O) groups is 3. The highest BCUT2D eigenvalue weighted by molar-refractivity contribution is 5.97. The van der Waals surface area contributed by atoms with Crippen LogP contribution in [0.2, 0.25) is 0 Å². The van der Waals surface area contributed by atoms with Gasteiger partial charge in [-0.05, 0) is 106 Å². The van der Waals surface area contributed by atoms with Crippen molar-refractivity contribution in [3.8, 4) is 5.75 Å². The molecule has 2 aromatic rings. The van der Waals surface area contributed by atoms with E-state index in [1.54, 1.807) is 70.9 Å². The maximum atomic E-state index is 13.6. The SMILES string of the molecule is COc1ccc(C(=O)N(C)CC(=O)OC(C)(C)C)cc1C1=C(CN2C(=O)O[C@H](c3cc(C)cc(C(F)(F)F)c3)[C@@H]2C)CC(C)(C)CC1. The summed E-state index contributed by atoms with van der Waals surface area (Å²) in [6.45, 7) is 12.9. The van der Waals surface area contributed by atoms with E-state index in [1.165, 1.54) is 11.9 Å². The first kappa shape index (κ1) is 35.8. The summed E-state index contributed by atoms with van der Waals surface area (Å²) in [5, 5.41) is 0. The molecule has 4 rings (SSSR count). The number of hydrogen-bond acceptors (Lipinski definition) is 6. The fourth-order valence-electron chi connectivity index (χ4n) is 6.33. The lowest BCUT2D eigenvalue weighted by Gasteiger charge is -2.36. The lowest BCUT2D eigenvalue weighted by Crippen LogP contribution is -2.36. The van der Waals surface area contributed by atoms with Crippen molar-refractivity contribution < 1.29 is 41.8 Å². The smallest absolute Gasteiger partial charge is 0.416 e. The molecule has 1 aliphatic carbocycles. The Labute approximate surface area is 274 Å². The number of amides is 2. The summed E-state index contributed by atoms with van der Waals surface area (Å²) >= 11 is 0. The van der Waals surface area contributed by atoms with Gasteiger partial charge in [0.1, 0.15) is 24.0 Å². The highest BCUT2D eigenvalue weighted by Gasteiger charge is 2.42. The number of benzene rings is 2. The highest BCUT2D eigenvalue weighted by Crippen LogP contribution is 2.46. The van der Waals surface area contributed by atoms with Crippen LogP contribution in [0, 0.1) is 12.3 Å². The molecule has 1 fully saturated rings. The maximum Gasteiger partial charge on any atom is 0.416 e. The zero-order valence-electron chi connectivity index (χ0n) is 28.6. The van der Waals surface area contributed by atoms with Crippen molar-refractivity contribution >= 4 is 23.5 Å². The third-order valence-corrected chi connectivity index (χ3v) is 8.58. The number of esters is 1. The molecule has 2 atom stereocenters. The molecule has 0 aromatic heterocycles. The van der Waals surface area contributed by atoms with E-state index in [-0.39, 0.29) is 24.4 Å². The Morgan fingerprint density at radius 2 is 1.79 bits per heavy atom. The average molecular weight is 659 g/mol. The summed E-state index contributed by atoms with van der Waals surface area (Å²) in [6.07, 6.45) is -3.87. The number of likely N-dealkylation sites (N-methyl/N-ethyl adjacent to an activating group) is 1. The van der Waals surface area contributed by atoms with Gasteiger partial charge < -0.3 is 19.1 Å². The Balaban J connectivity index is 1.68. The molecule has 2 amide bonds. The van der Waals surface area contributed by atoms with Gasteiger partial charge in [-0.15, -0.1) is 0 Å². The maximum absolute atomic E-state index is 13.6. The summed E-state index contributed by atoms with van der Waals surface area (Å²) in [5.41, 5.74) is 2.12. The molecular weight excluding hydrogens is 613 g/mol. The number of aryl methyl sites for hydroxylation is 1. The molecule has 0 radical (unpaired) electrons. The molecule has 2 aromatic carbocycles. The van der Waals surface area contributed by atoms with Crippen LogP contribution in [-0.4, -0.2) is 66.7 Å². The summed E-state index contributed by atoms with van der Waals surface area (Å²) in [7, 11) is 3.08. The van der Waals surface area contributed by atoms with Crippen molar-refractivity contribution in [3.05, 3.63) is 69.8 Å². The van der Waals surface area contributed by atoms with E-state index in [4.69, 9.17) is 14.2 Å². The van der Waals surface area contributed by atoms with E-state index in [0.717, 1.165) is 29.7 Å². The molecule has 1 aliphatic heterocycles. The van der Waals surface area contributed by atoms with Crippen LogP contribution in [0.15, 0.2) is 42.0 Å². The number of allylic oxidation sites excluding steroid dienone is 1. The van der Waals surface area contributed by atoms with E-state index < -0.39 is 41.5 Å². The lowest BCUT2D eigenvalue weighted by molar-refractivity contribution is -0.155. The van der Waals surface area contributed by atoms with Gasteiger partial charge in [0.2, 0.25) is 0 Å². The number of hydrogen-bond donors (Lipinski definition) is 0. The third kappa shape index (κ3) is 8.48. The van der Waals surface area contributed by atoms with E-state index in [1.807, 2.05) is 0 Å². The Bertz CT molecular complexity index is 1570. The quantitative estimate of drug-likeness (QED) is 0.268. The van der Waals surface area contributed by atoms with Gasteiger partial charge in [0.15, 0.2) is 0 Å². The summed E-state index contributed by atoms with van der Waals surface area (Å²) in [5.74, 6) is -0.334. The molecule has 0 N–H and O–H groups in total. The van der Waals surface area contributed by atoms with Gasteiger partial charge in [-0.3, -0.25) is 14.5 Å². The van der Waals surface area contributed by atoms with Gasteiger partial charge in [-0.1, -0.05) is 25.5 Å². The van der Waals surface area contributed by atoms with Crippen LogP contribution in [0.1, 0.15) is 99.5 Å². The van der Waals surface area contributed by atoms with Gasteiger partial charge in [-0.2, -0.15) is 13.2 Å². The van der Waals surface area contributed by atoms with Crippen molar-refractivity contribution in [2.45, 2.75) is 91.7 Å². The molecule has 0 unspecified atom stereocenters. The number of rotatable bonds is 8. The fraction of sp³-hybridized carbons (Fsp3) is 0.528. The van der Waals surface area contributed by atoms with E-state index in [2.05, 4.69) is 13.8 Å². The second-order valence-electron chi connectivity index (χ2n) is 14.4. The number of carbonyl (C=O) groups excluding carboxylic acids is 3. The number of ether oxygens (including phenoxy) is 3. The molecule has 1 heterocycles. The zero-order valence-corrected chi connectivity index (χ0v) is 28.6. The number of methoxy groups -OCH3 is 1. The molecule has 0 saturated carbocycles. The van der Waals surface area contributed by atoms with Crippen LogP contribution >= 0.6 is 0 Å². The first-order valence-electron chi connectivity index (χ1n) is 15.7. The van der Waals surface area contributed by atoms with Crippen molar-refractivity contribution in [3.63, 3.8) is 0 Å². The van der Waals surface area contributed by atoms with Crippen LogP contribution in [-0.2, 0) is 20.4 Å². The Morgan fingerprint density at radius 3 is 2.40 bits per heavy atom. The van der Waals surface area contributed by atoms with Crippen LogP contribution in [0.25, 0.3) is 5.57 Å². The van der Waals surface area contributed by atoms with Crippen molar-refractivity contribution in [1.82, 2.24) is 9.80 Å². The second-order valence-corrected chi connectivity index (χ2v) is 14.4. The standard InChI is InChI=1S/C36H45F3N2O6/c1-21-14-24(16-26(15-21)36(37,38)39)31-22(2)41(33(44)46-31)19-25-18-35(6,7)13-12-27(25)28-17-23(10-11-29(28)45-9)32(43)40(8)20-30(42)47-34(3,4)5/h10-11,14-17,22,31H,12-13,18-20H2,1-9H3/t22-,31-/m0/s1. The Hall–Kier alpha value is -4.02. The molecule has 8 nitrogen and oxygen atoms in total. The number of alkyl halides is 3. The summed E-state index contributed by atoms with van der Waals surface area (Å²) in [6, 6.07) is 8.31. The predicted octanol–water partition coefficient (Wildman–Crippen LogP) is 7.98. The minimum absolute atomic E-state index is 0.0858. The lowest BCUT2D eigenvalue weighted by atomic mass is 9.72. The molecule has 47 heavy (non-hydrogen) atoms. The van der Waals surface area contributed by atoms with Gasteiger partial charge >= 0.3 is 18.2 Å². The fourth-order valence-corrected chi connectivity index (χ4v) is 6.33. The average Bonchev–Trinajstić information content (AvgIpc) is 3.22. The molecule has 0 spiro atoms. The van der Waals surface area contributed by atoms with Crippen LogP contribution in [0.4, 0.5) is 18.0 Å². The van der Waals surface area contributed by atoms with Crippen LogP contribution < -0.4 is 4.74 Å². The topological polar surface area (TPSA) is 85.4 Å². The van der Waals surface area contributed by atoms with Crippen molar-refractivity contribution in [1.29, 1.82) is 0 Å². The molecule has 1 saturated heterocycles. The largest absolute Gasteiger partial charge is 0.496 e. The molecule has 2 aliphatic rings. The molecule has 0 bridgehead atoms. The van der Waals surface area contributed by atoms with E-state index in [0.29, 0.717) is 40.8 Å².